The van der Waals surface area contributed by atoms with Gasteiger partial charge in [-0.15, -0.1) is 0 Å². The standard InChI is InChI=1S/C10H19NO2.C5H8O2/c1-7(2)9(12)13-8(3)11-10(4,5)6;1-4(2)5(6)7-3/h8,11H,1H2,2-6H3;1H2,2-3H3. The van der Waals surface area contributed by atoms with Crippen molar-refractivity contribution >= 4 is 11.9 Å². The van der Waals surface area contributed by atoms with Gasteiger partial charge >= 0.3 is 11.9 Å². The SMILES string of the molecule is C=C(C)C(=O)OC.C=C(C)C(=O)OC(C)NC(C)(C)C. The second kappa shape index (κ2) is 9.31. The molecule has 0 aliphatic rings. The van der Waals surface area contributed by atoms with Gasteiger partial charge < -0.3 is 9.47 Å². The maximum absolute atomic E-state index is 11.1. The lowest BCUT2D eigenvalue weighted by atomic mass is 10.1. The molecule has 1 unspecified atom stereocenters. The van der Waals surface area contributed by atoms with Gasteiger partial charge in [0.25, 0.3) is 0 Å². The minimum absolute atomic E-state index is 0.0607. The molecule has 0 bridgehead atoms. The quantitative estimate of drug-likeness (QED) is 0.488. The Hall–Kier alpha value is -1.62. The number of ether oxygens (including phenoxy) is 2. The van der Waals surface area contributed by atoms with Crippen LogP contribution in [0, 0.1) is 0 Å². The Morgan fingerprint density at radius 1 is 1.05 bits per heavy atom. The number of rotatable bonds is 4. The van der Waals surface area contributed by atoms with Crippen LogP contribution < -0.4 is 5.32 Å². The molecule has 0 aliphatic heterocycles. The van der Waals surface area contributed by atoms with Gasteiger partial charge in [0.2, 0.25) is 0 Å². The average Bonchev–Trinajstić information content (AvgIpc) is 2.25. The van der Waals surface area contributed by atoms with E-state index in [9.17, 15) is 9.59 Å². The summed E-state index contributed by atoms with van der Waals surface area (Å²) in [6, 6.07) is 0. The predicted molar refractivity (Wildman–Crippen MR) is 80.1 cm³/mol. The Morgan fingerprint density at radius 2 is 1.45 bits per heavy atom. The topological polar surface area (TPSA) is 64.6 Å². The van der Waals surface area contributed by atoms with Crippen molar-refractivity contribution < 1.29 is 19.1 Å². The lowest BCUT2D eigenvalue weighted by Crippen LogP contribution is -2.44. The lowest BCUT2D eigenvalue weighted by molar-refractivity contribution is -0.145. The third-order valence-corrected chi connectivity index (χ3v) is 1.80. The molecule has 0 saturated carbocycles. The molecule has 116 valence electrons. The first-order valence-corrected chi connectivity index (χ1v) is 6.28. The summed E-state index contributed by atoms with van der Waals surface area (Å²) in [7, 11) is 1.33. The van der Waals surface area contributed by atoms with Crippen LogP contribution in [0.3, 0.4) is 0 Å². The minimum atomic E-state index is -0.357. The Kier molecular flexibility index (Phi) is 9.63. The number of carbonyl (C=O) groups is 2. The zero-order valence-corrected chi connectivity index (χ0v) is 13.6. The molecule has 0 aromatic heterocycles. The molecule has 0 spiro atoms. The van der Waals surface area contributed by atoms with Gasteiger partial charge in [0.05, 0.1) is 7.11 Å². The highest BCUT2D eigenvalue weighted by Crippen LogP contribution is 2.03. The number of hydrogen-bond acceptors (Lipinski definition) is 5. The van der Waals surface area contributed by atoms with Crippen LogP contribution in [0.25, 0.3) is 0 Å². The first-order valence-electron chi connectivity index (χ1n) is 6.28. The largest absolute Gasteiger partial charge is 0.466 e. The van der Waals surface area contributed by atoms with Crippen molar-refractivity contribution in [2.45, 2.75) is 53.3 Å². The minimum Gasteiger partial charge on any atom is -0.466 e. The van der Waals surface area contributed by atoms with E-state index in [1.165, 1.54) is 7.11 Å². The summed E-state index contributed by atoms with van der Waals surface area (Å²) in [5.41, 5.74) is 0.791. The summed E-state index contributed by atoms with van der Waals surface area (Å²) in [5.74, 6) is -0.704. The van der Waals surface area contributed by atoms with Crippen LogP contribution in [0.1, 0.15) is 41.5 Å². The third kappa shape index (κ3) is 12.8. The van der Waals surface area contributed by atoms with Gasteiger partial charge in [-0.3, -0.25) is 5.32 Å². The van der Waals surface area contributed by atoms with Crippen molar-refractivity contribution in [2.24, 2.45) is 0 Å². The summed E-state index contributed by atoms with van der Waals surface area (Å²) in [5, 5.41) is 3.12. The van der Waals surface area contributed by atoms with Crippen LogP contribution >= 0.6 is 0 Å². The van der Waals surface area contributed by atoms with E-state index in [-0.39, 0.29) is 23.7 Å². The molecule has 0 radical (unpaired) electrons. The fraction of sp³-hybridized carbons (Fsp3) is 0.600. The zero-order valence-electron chi connectivity index (χ0n) is 13.6. The summed E-state index contributed by atoms with van der Waals surface area (Å²) in [6.07, 6.45) is -0.288. The first-order chi connectivity index (χ1) is 8.90. The smallest absolute Gasteiger partial charge is 0.334 e. The van der Waals surface area contributed by atoms with Crippen LogP contribution in [0.15, 0.2) is 24.3 Å². The first kappa shape index (κ1) is 20.7. The van der Waals surface area contributed by atoms with Crippen molar-refractivity contribution in [3.8, 4) is 0 Å². The van der Waals surface area contributed by atoms with E-state index in [2.05, 4.69) is 23.2 Å². The highest BCUT2D eigenvalue weighted by molar-refractivity contribution is 5.87. The van der Waals surface area contributed by atoms with Crippen LogP contribution in [0.2, 0.25) is 0 Å². The van der Waals surface area contributed by atoms with Crippen molar-refractivity contribution in [2.75, 3.05) is 7.11 Å². The van der Waals surface area contributed by atoms with E-state index in [0.29, 0.717) is 11.1 Å². The van der Waals surface area contributed by atoms with Gasteiger partial charge in [0, 0.05) is 16.7 Å². The number of hydrogen-bond donors (Lipinski definition) is 1. The van der Waals surface area contributed by atoms with E-state index in [1.807, 2.05) is 20.8 Å². The maximum atomic E-state index is 11.1. The zero-order chi connectivity index (χ0) is 16.5. The second-order valence-electron chi connectivity index (χ2n) is 5.49. The summed E-state index contributed by atoms with van der Waals surface area (Å²) < 4.78 is 9.31. The van der Waals surface area contributed by atoms with Crippen LogP contribution in [-0.4, -0.2) is 30.8 Å². The van der Waals surface area contributed by atoms with E-state index in [0.717, 1.165) is 0 Å². The molecule has 0 aromatic rings. The van der Waals surface area contributed by atoms with Crippen LogP contribution in [0.4, 0.5) is 0 Å². The molecular formula is C15H27NO4. The van der Waals surface area contributed by atoms with Gasteiger partial charge in [-0.05, 0) is 41.5 Å². The molecule has 5 nitrogen and oxygen atoms in total. The number of nitrogens with one attached hydrogen (secondary N) is 1. The van der Waals surface area contributed by atoms with Gasteiger partial charge in [0.1, 0.15) is 0 Å². The Balaban J connectivity index is 0. The molecule has 0 aromatic carbocycles. The number of methoxy groups -OCH3 is 1. The molecule has 20 heavy (non-hydrogen) atoms. The molecule has 0 rings (SSSR count). The van der Waals surface area contributed by atoms with E-state index < -0.39 is 0 Å². The van der Waals surface area contributed by atoms with Crippen molar-refractivity contribution in [1.82, 2.24) is 5.32 Å². The number of esters is 2. The summed E-state index contributed by atoms with van der Waals surface area (Å²) in [4.78, 5) is 21.3. The molecule has 0 aliphatic carbocycles. The molecular weight excluding hydrogens is 258 g/mol. The van der Waals surface area contributed by atoms with Crippen molar-refractivity contribution in [3.63, 3.8) is 0 Å². The van der Waals surface area contributed by atoms with Crippen LogP contribution in [-0.2, 0) is 19.1 Å². The number of carbonyl (C=O) groups excluding carboxylic acids is 2. The monoisotopic (exact) mass is 285 g/mol. The van der Waals surface area contributed by atoms with E-state index in [1.54, 1.807) is 20.8 Å². The Labute approximate surface area is 122 Å². The third-order valence-electron chi connectivity index (χ3n) is 1.80. The van der Waals surface area contributed by atoms with Gasteiger partial charge in [0.15, 0.2) is 6.23 Å². The average molecular weight is 285 g/mol. The van der Waals surface area contributed by atoms with E-state index in [4.69, 9.17) is 4.74 Å². The maximum Gasteiger partial charge on any atom is 0.334 e. The molecule has 1 atom stereocenters. The predicted octanol–water partition coefficient (Wildman–Crippen LogP) is 2.58. The fourth-order valence-electron chi connectivity index (χ4n) is 1.07. The molecule has 0 fully saturated rings. The molecule has 5 heteroatoms. The fourth-order valence-corrected chi connectivity index (χ4v) is 1.07. The highest BCUT2D eigenvalue weighted by atomic mass is 16.6. The van der Waals surface area contributed by atoms with Crippen LogP contribution in [0.5, 0.6) is 0 Å². The Morgan fingerprint density at radius 3 is 1.65 bits per heavy atom. The molecule has 0 saturated heterocycles. The van der Waals surface area contributed by atoms with Crippen molar-refractivity contribution in [1.29, 1.82) is 0 Å². The Bertz CT molecular complexity index is 367. The lowest BCUT2D eigenvalue weighted by Gasteiger charge is -2.25. The molecule has 0 heterocycles. The van der Waals surface area contributed by atoms with Gasteiger partial charge in [-0.25, -0.2) is 9.59 Å². The molecule has 0 amide bonds. The summed E-state index contributed by atoms with van der Waals surface area (Å²) >= 11 is 0. The second-order valence-corrected chi connectivity index (χ2v) is 5.49. The van der Waals surface area contributed by atoms with Gasteiger partial charge in [-0.2, -0.15) is 0 Å². The summed E-state index contributed by atoms with van der Waals surface area (Å²) in [6.45, 7) is 17.9. The van der Waals surface area contributed by atoms with Crippen molar-refractivity contribution in [3.05, 3.63) is 24.3 Å². The normalized spacial score (nSPS) is 11.6. The van der Waals surface area contributed by atoms with E-state index >= 15 is 0 Å². The molecule has 1 N–H and O–H groups in total. The van der Waals surface area contributed by atoms with Gasteiger partial charge in [-0.1, -0.05) is 13.2 Å². The highest BCUT2D eigenvalue weighted by Gasteiger charge is 2.16.